The van der Waals surface area contributed by atoms with E-state index in [1.165, 1.54) is 21.5 Å². The number of rotatable bonds is 5. The van der Waals surface area contributed by atoms with Crippen LogP contribution in [0.25, 0.3) is 21.5 Å². The van der Waals surface area contributed by atoms with Gasteiger partial charge in [-0.15, -0.1) is 0 Å². The molecule has 0 unspecified atom stereocenters. The predicted octanol–water partition coefficient (Wildman–Crippen LogP) is 8.79. The Morgan fingerprint density at radius 1 is 0.486 bits per heavy atom. The molecule has 6 aromatic carbocycles. The van der Waals surface area contributed by atoms with E-state index in [4.69, 9.17) is 5.73 Å². The van der Waals surface area contributed by atoms with Crippen LogP contribution in [0.1, 0.15) is 0 Å². The van der Waals surface area contributed by atoms with Crippen LogP contribution in [0.2, 0.25) is 0 Å². The summed E-state index contributed by atoms with van der Waals surface area (Å²) in [5.41, 5.74) is 12.0. The van der Waals surface area contributed by atoms with Gasteiger partial charge in [-0.05, 0) is 82.9 Å². The van der Waals surface area contributed by atoms with E-state index in [0.29, 0.717) is 0 Å². The molecule has 6 aromatic rings. The largest absolute Gasteiger partial charge is 0.399 e. The molecule has 0 saturated heterocycles. The molecule has 0 aliphatic rings. The third kappa shape index (κ3) is 4.04. The number of nitrogens with one attached hydrogen (secondary N) is 1. The van der Waals surface area contributed by atoms with Crippen molar-refractivity contribution in [3.05, 3.63) is 133 Å². The molecule has 0 aromatic heterocycles. The summed E-state index contributed by atoms with van der Waals surface area (Å²) in [6.45, 7) is 0. The topological polar surface area (TPSA) is 41.3 Å². The lowest BCUT2D eigenvalue weighted by Gasteiger charge is -2.27. The first kappa shape index (κ1) is 20.8. The summed E-state index contributed by atoms with van der Waals surface area (Å²) in [5.74, 6) is 0. The van der Waals surface area contributed by atoms with Gasteiger partial charge in [0.25, 0.3) is 0 Å². The van der Waals surface area contributed by atoms with Gasteiger partial charge in [0.2, 0.25) is 0 Å². The lowest BCUT2D eigenvalue weighted by molar-refractivity contribution is 1.30. The zero-order valence-electron chi connectivity index (χ0n) is 19.2. The number of anilines is 6. The number of fused-ring (bicyclic) bond motifs is 3. The molecule has 6 rings (SSSR count). The van der Waals surface area contributed by atoms with Gasteiger partial charge in [-0.2, -0.15) is 0 Å². The molecule has 0 bridgehead atoms. The van der Waals surface area contributed by atoms with Gasteiger partial charge in [0.05, 0.1) is 5.69 Å². The van der Waals surface area contributed by atoms with Crippen molar-refractivity contribution >= 4 is 55.7 Å². The molecular weight excluding hydrogens is 426 g/mol. The molecule has 0 radical (unpaired) electrons. The summed E-state index contributed by atoms with van der Waals surface area (Å²) in [7, 11) is 0. The summed E-state index contributed by atoms with van der Waals surface area (Å²) in [6, 6.07) is 46.4. The Bertz CT molecular complexity index is 1610. The monoisotopic (exact) mass is 451 g/mol. The number of benzene rings is 6. The van der Waals surface area contributed by atoms with Gasteiger partial charge in [0.15, 0.2) is 0 Å². The van der Waals surface area contributed by atoms with E-state index < -0.39 is 0 Å². The third-order valence-electron chi connectivity index (χ3n) is 6.33. The van der Waals surface area contributed by atoms with E-state index in [2.05, 4.69) is 119 Å². The number of para-hydroxylation sites is 1. The smallest absolute Gasteiger partial charge is 0.0546 e. The molecule has 0 atom stereocenters. The molecule has 0 aliphatic heterocycles. The second-order valence-electron chi connectivity index (χ2n) is 8.63. The standard InChI is InChI=1S/C32H25N3/c33-24-14-16-25(17-15-24)34-26-18-20-28(21-19-26)35(27-9-2-1-3-10-27)32-22-23-8-4-5-11-29(23)30-12-6-7-13-31(30)32/h1-22,34H,33H2. The third-order valence-corrected chi connectivity index (χ3v) is 6.33. The second-order valence-corrected chi connectivity index (χ2v) is 8.63. The lowest BCUT2D eigenvalue weighted by atomic mass is 9.99. The van der Waals surface area contributed by atoms with Crippen LogP contribution in [0.4, 0.5) is 34.1 Å². The Morgan fingerprint density at radius 3 is 1.74 bits per heavy atom. The Kier molecular flexibility index (Phi) is 5.28. The average molecular weight is 452 g/mol. The van der Waals surface area contributed by atoms with Crippen molar-refractivity contribution in [2.75, 3.05) is 16.0 Å². The fraction of sp³-hybridized carbons (Fsp3) is 0. The molecule has 0 aliphatic carbocycles. The average Bonchev–Trinajstić information content (AvgIpc) is 2.92. The highest BCUT2D eigenvalue weighted by molar-refractivity contribution is 6.14. The number of hydrogen-bond acceptors (Lipinski definition) is 3. The van der Waals surface area contributed by atoms with Crippen LogP contribution in [0.3, 0.4) is 0 Å². The van der Waals surface area contributed by atoms with Gasteiger partial charge in [-0.25, -0.2) is 0 Å². The van der Waals surface area contributed by atoms with Crippen molar-refractivity contribution in [2.24, 2.45) is 0 Å². The van der Waals surface area contributed by atoms with E-state index >= 15 is 0 Å². The predicted molar refractivity (Wildman–Crippen MR) is 150 cm³/mol. The Morgan fingerprint density at radius 2 is 1.03 bits per heavy atom. The highest BCUT2D eigenvalue weighted by atomic mass is 15.1. The molecule has 0 heterocycles. The van der Waals surface area contributed by atoms with Gasteiger partial charge in [0, 0.05) is 33.8 Å². The summed E-state index contributed by atoms with van der Waals surface area (Å²) in [6.07, 6.45) is 0. The second kappa shape index (κ2) is 8.88. The van der Waals surface area contributed by atoms with Crippen LogP contribution in [0, 0.1) is 0 Å². The van der Waals surface area contributed by atoms with Gasteiger partial charge < -0.3 is 16.0 Å². The van der Waals surface area contributed by atoms with Gasteiger partial charge in [-0.3, -0.25) is 0 Å². The summed E-state index contributed by atoms with van der Waals surface area (Å²) in [5, 5.41) is 8.42. The zero-order valence-corrected chi connectivity index (χ0v) is 19.2. The van der Waals surface area contributed by atoms with E-state index in [9.17, 15) is 0 Å². The fourth-order valence-electron chi connectivity index (χ4n) is 4.65. The molecular formula is C32H25N3. The van der Waals surface area contributed by atoms with Crippen molar-refractivity contribution in [1.82, 2.24) is 0 Å². The number of nitrogens with zero attached hydrogens (tertiary/aromatic N) is 1. The maximum Gasteiger partial charge on any atom is 0.0546 e. The molecule has 0 saturated carbocycles. The molecule has 0 amide bonds. The normalized spacial score (nSPS) is 11.0. The van der Waals surface area contributed by atoms with Crippen molar-refractivity contribution in [3.8, 4) is 0 Å². The van der Waals surface area contributed by atoms with Crippen LogP contribution in [0.15, 0.2) is 133 Å². The van der Waals surface area contributed by atoms with E-state index in [-0.39, 0.29) is 0 Å². The van der Waals surface area contributed by atoms with E-state index in [0.717, 1.165) is 34.1 Å². The van der Waals surface area contributed by atoms with Crippen molar-refractivity contribution in [3.63, 3.8) is 0 Å². The van der Waals surface area contributed by atoms with Crippen LogP contribution >= 0.6 is 0 Å². The molecule has 3 heteroatoms. The van der Waals surface area contributed by atoms with Gasteiger partial charge in [-0.1, -0.05) is 66.7 Å². The first-order chi connectivity index (χ1) is 17.3. The fourth-order valence-corrected chi connectivity index (χ4v) is 4.65. The van der Waals surface area contributed by atoms with Gasteiger partial charge >= 0.3 is 0 Å². The summed E-state index contributed by atoms with van der Waals surface area (Å²) >= 11 is 0. The first-order valence-electron chi connectivity index (χ1n) is 11.7. The lowest BCUT2D eigenvalue weighted by Crippen LogP contribution is -2.10. The maximum atomic E-state index is 5.82. The van der Waals surface area contributed by atoms with Crippen LogP contribution < -0.4 is 16.0 Å². The SMILES string of the molecule is Nc1ccc(Nc2ccc(N(c3ccccc3)c3cc4ccccc4c4ccccc34)cc2)cc1. The van der Waals surface area contributed by atoms with Crippen molar-refractivity contribution in [1.29, 1.82) is 0 Å². The number of nitrogen functional groups attached to an aromatic ring is 1. The molecule has 3 nitrogen and oxygen atoms in total. The molecule has 35 heavy (non-hydrogen) atoms. The molecule has 168 valence electrons. The quantitative estimate of drug-likeness (QED) is 0.203. The van der Waals surface area contributed by atoms with E-state index in [1.807, 2.05) is 24.3 Å². The van der Waals surface area contributed by atoms with Gasteiger partial charge in [0.1, 0.15) is 0 Å². The number of nitrogens with two attached hydrogens (primary N) is 1. The van der Waals surface area contributed by atoms with Crippen molar-refractivity contribution < 1.29 is 0 Å². The molecule has 0 spiro atoms. The van der Waals surface area contributed by atoms with Crippen molar-refractivity contribution in [2.45, 2.75) is 0 Å². The van der Waals surface area contributed by atoms with Crippen LogP contribution in [-0.4, -0.2) is 0 Å². The maximum absolute atomic E-state index is 5.82. The minimum atomic E-state index is 0.756. The minimum Gasteiger partial charge on any atom is -0.399 e. The highest BCUT2D eigenvalue weighted by Gasteiger charge is 2.16. The molecule has 3 N–H and O–H groups in total. The minimum absolute atomic E-state index is 0.756. The van der Waals surface area contributed by atoms with Crippen LogP contribution in [-0.2, 0) is 0 Å². The Labute approximate surface area is 205 Å². The Hall–Kier alpha value is -4.76. The number of hydrogen-bond donors (Lipinski definition) is 2. The van der Waals surface area contributed by atoms with E-state index in [1.54, 1.807) is 0 Å². The highest BCUT2D eigenvalue weighted by Crippen LogP contribution is 2.42. The summed E-state index contributed by atoms with van der Waals surface area (Å²) in [4.78, 5) is 2.34. The Balaban J connectivity index is 1.48. The zero-order chi connectivity index (χ0) is 23.6. The summed E-state index contributed by atoms with van der Waals surface area (Å²) < 4.78 is 0. The first-order valence-corrected chi connectivity index (χ1v) is 11.7. The van der Waals surface area contributed by atoms with Crippen LogP contribution in [0.5, 0.6) is 0 Å². The molecule has 0 fully saturated rings.